The van der Waals surface area contributed by atoms with E-state index in [0.717, 1.165) is 17.1 Å². The third kappa shape index (κ3) is 6.22. The second kappa shape index (κ2) is 9.90. The summed E-state index contributed by atoms with van der Waals surface area (Å²) in [7, 11) is 0. The van der Waals surface area contributed by atoms with Gasteiger partial charge in [-0.2, -0.15) is 13.2 Å². The average molecular weight is 484 g/mol. The summed E-state index contributed by atoms with van der Waals surface area (Å²) in [5, 5.41) is 3.44. The molecule has 3 rings (SSSR count). The summed E-state index contributed by atoms with van der Waals surface area (Å²) >= 11 is 5.76. The summed E-state index contributed by atoms with van der Waals surface area (Å²) in [6.07, 6.45) is -4.94. The van der Waals surface area contributed by atoms with Crippen LogP contribution in [0.2, 0.25) is 5.02 Å². The Morgan fingerprint density at radius 2 is 1.76 bits per heavy atom. The van der Waals surface area contributed by atoms with Gasteiger partial charge in [0.15, 0.2) is 6.61 Å². The van der Waals surface area contributed by atoms with Crippen molar-refractivity contribution in [3.8, 4) is 0 Å². The minimum Gasteiger partial charge on any atom is -0.455 e. The van der Waals surface area contributed by atoms with E-state index in [1.165, 1.54) is 36.4 Å². The van der Waals surface area contributed by atoms with Crippen LogP contribution in [0.4, 0.5) is 18.9 Å². The molecule has 0 saturated carbocycles. The zero-order chi connectivity index (χ0) is 24.2. The molecular formula is C21H17ClF3N3O5. The summed E-state index contributed by atoms with van der Waals surface area (Å²) < 4.78 is 43.8. The van der Waals surface area contributed by atoms with Gasteiger partial charge in [0.05, 0.1) is 23.7 Å². The Bertz CT molecular complexity index is 1080. The van der Waals surface area contributed by atoms with E-state index in [1.807, 2.05) is 5.32 Å². The van der Waals surface area contributed by atoms with Crippen molar-refractivity contribution in [1.82, 2.24) is 10.4 Å². The summed E-state index contributed by atoms with van der Waals surface area (Å²) in [4.78, 5) is 48.5. The molecule has 2 aromatic carbocycles. The highest BCUT2D eigenvalue weighted by Gasteiger charge is 2.37. The number of amides is 3. The minimum absolute atomic E-state index is 0.185. The molecule has 3 amide bonds. The van der Waals surface area contributed by atoms with Crippen LogP contribution in [0.1, 0.15) is 22.3 Å². The summed E-state index contributed by atoms with van der Waals surface area (Å²) in [5.74, 6) is -3.96. The van der Waals surface area contributed by atoms with Crippen LogP contribution in [0.3, 0.4) is 0 Å². The van der Waals surface area contributed by atoms with Gasteiger partial charge >= 0.3 is 12.1 Å². The summed E-state index contributed by atoms with van der Waals surface area (Å²) in [6.45, 7) is -1.03. The highest BCUT2D eigenvalue weighted by molar-refractivity contribution is 6.30. The minimum atomic E-state index is -4.68. The molecule has 0 radical (unpaired) electrons. The number of carbonyl (C=O) groups is 4. The number of para-hydroxylation sites is 1. The lowest BCUT2D eigenvalue weighted by Crippen LogP contribution is -2.43. The van der Waals surface area contributed by atoms with Gasteiger partial charge in [-0.3, -0.25) is 29.6 Å². The number of hydrazine groups is 1. The van der Waals surface area contributed by atoms with Crippen LogP contribution in [0.5, 0.6) is 0 Å². The van der Waals surface area contributed by atoms with E-state index in [0.29, 0.717) is 5.02 Å². The number of nitrogens with zero attached hydrogens (tertiary/aromatic N) is 1. The molecule has 1 aliphatic heterocycles. The molecular weight excluding hydrogens is 467 g/mol. The van der Waals surface area contributed by atoms with Crippen LogP contribution in [0.15, 0.2) is 48.5 Å². The van der Waals surface area contributed by atoms with Gasteiger partial charge in [-0.15, -0.1) is 0 Å². The first-order valence-corrected chi connectivity index (χ1v) is 9.92. The quantitative estimate of drug-likeness (QED) is 0.615. The molecule has 1 saturated heterocycles. The Labute approximate surface area is 190 Å². The lowest BCUT2D eigenvalue weighted by molar-refractivity contribution is -0.151. The Morgan fingerprint density at radius 1 is 1.09 bits per heavy atom. The molecule has 1 heterocycles. The van der Waals surface area contributed by atoms with Gasteiger partial charge in [0, 0.05) is 17.0 Å². The second-order valence-electron chi connectivity index (χ2n) is 7.05. The lowest BCUT2D eigenvalue weighted by atomic mass is 10.1. The third-order valence-electron chi connectivity index (χ3n) is 4.65. The maximum atomic E-state index is 13.0. The molecule has 174 valence electrons. The van der Waals surface area contributed by atoms with E-state index in [4.69, 9.17) is 16.3 Å². The Hall–Kier alpha value is -3.60. The molecule has 1 fully saturated rings. The Balaban J connectivity index is 1.51. The van der Waals surface area contributed by atoms with Crippen LogP contribution in [-0.4, -0.2) is 41.9 Å². The number of halogens is 4. The molecule has 0 aromatic heterocycles. The van der Waals surface area contributed by atoms with Crippen molar-refractivity contribution in [3.63, 3.8) is 0 Å². The first-order chi connectivity index (χ1) is 15.5. The van der Waals surface area contributed by atoms with Crippen LogP contribution >= 0.6 is 11.6 Å². The first-order valence-electron chi connectivity index (χ1n) is 9.54. The molecule has 12 heteroatoms. The number of alkyl halides is 3. The van der Waals surface area contributed by atoms with E-state index >= 15 is 0 Å². The SMILES string of the molecule is O=C(COC(=O)[C@@H]1CC(=O)N(NC(=O)c2ccc(Cl)cc2)C1)Nc1ccccc1C(F)(F)F. The molecule has 0 aliphatic carbocycles. The second-order valence-corrected chi connectivity index (χ2v) is 7.49. The Morgan fingerprint density at radius 3 is 2.42 bits per heavy atom. The van der Waals surface area contributed by atoms with E-state index in [1.54, 1.807) is 0 Å². The van der Waals surface area contributed by atoms with Gasteiger partial charge in [-0.1, -0.05) is 23.7 Å². The predicted molar refractivity (Wildman–Crippen MR) is 110 cm³/mol. The smallest absolute Gasteiger partial charge is 0.418 e. The van der Waals surface area contributed by atoms with Gasteiger partial charge in [-0.05, 0) is 36.4 Å². The number of hydrogen-bond acceptors (Lipinski definition) is 5. The fourth-order valence-corrected chi connectivity index (χ4v) is 3.17. The number of esters is 1. The molecule has 8 nitrogen and oxygen atoms in total. The number of nitrogens with one attached hydrogen (secondary N) is 2. The van der Waals surface area contributed by atoms with E-state index in [2.05, 4.69) is 5.43 Å². The largest absolute Gasteiger partial charge is 0.455 e. The predicted octanol–water partition coefficient (Wildman–Crippen LogP) is 3.03. The average Bonchev–Trinajstić information content (AvgIpc) is 3.12. The highest BCUT2D eigenvalue weighted by atomic mass is 35.5. The van der Waals surface area contributed by atoms with Crippen LogP contribution in [0, 0.1) is 5.92 Å². The zero-order valence-corrected chi connectivity index (χ0v) is 17.6. The van der Waals surface area contributed by atoms with E-state index in [-0.39, 0.29) is 18.5 Å². The van der Waals surface area contributed by atoms with Gasteiger partial charge in [0.1, 0.15) is 0 Å². The monoisotopic (exact) mass is 483 g/mol. The van der Waals surface area contributed by atoms with Crippen LogP contribution < -0.4 is 10.7 Å². The lowest BCUT2D eigenvalue weighted by Gasteiger charge is -2.17. The van der Waals surface area contributed by atoms with Gasteiger partial charge < -0.3 is 10.1 Å². The van der Waals surface area contributed by atoms with Crippen molar-refractivity contribution in [2.24, 2.45) is 5.92 Å². The number of carbonyl (C=O) groups excluding carboxylic acids is 4. The number of rotatable bonds is 6. The highest BCUT2D eigenvalue weighted by Crippen LogP contribution is 2.34. The van der Waals surface area contributed by atoms with Crippen LogP contribution in [-0.2, 0) is 25.3 Å². The summed E-state index contributed by atoms with van der Waals surface area (Å²) in [6, 6.07) is 10.3. The molecule has 1 atom stereocenters. The van der Waals surface area contributed by atoms with E-state index in [9.17, 15) is 32.3 Å². The van der Waals surface area contributed by atoms with Gasteiger partial charge in [-0.25, -0.2) is 0 Å². The third-order valence-corrected chi connectivity index (χ3v) is 4.91. The van der Waals surface area contributed by atoms with Crippen molar-refractivity contribution in [2.45, 2.75) is 12.6 Å². The Kier molecular flexibility index (Phi) is 7.22. The molecule has 1 aliphatic rings. The van der Waals surface area contributed by atoms with Crippen molar-refractivity contribution in [1.29, 1.82) is 0 Å². The van der Waals surface area contributed by atoms with Gasteiger partial charge in [0.2, 0.25) is 5.91 Å². The van der Waals surface area contributed by atoms with Crippen molar-refractivity contribution >= 4 is 41.0 Å². The molecule has 33 heavy (non-hydrogen) atoms. The fourth-order valence-electron chi connectivity index (χ4n) is 3.04. The maximum Gasteiger partial charge on any atom is 0.418 e. The number of ether oxygens (including phenoxy) is 1. The van der Waals surface area contributed by atoms with E-state index < -0.39 is 53.6 Å². The molecule has 2 aromatic rings. The summed E-state index contributed by atoms with van der Waals surface area (Å²) in [5.41, 5.74) is 1.10. The van der Waals surface area contributed by atoms with Crippen molar-refractivity contribution < 1.29 is 37.1 Å². The maximum absolute atomic E-state index is 13.0. The molecule has 0 spiro atoms. The molecule has 2 N–H and O–H groups in total. The zero-order valence-electron chi connectivity index (χ0n) is 16.8. The topological polar surface area (TPSA) is 105 Å². The number of hydrogen-bond donors (Lipinski definition) is 2. The standard InChI is InChI=1S/C21H17ClF3N3O5/c22-14-7-5-12(6-8-14)19(31)27-28-10-13(9-18(28)30)20(32)33-11-17(29)26-16-4-2-1-3-15(16)21(23,24)25/h1-8,13H,9-11H2,(H,26,29)(H,27,31)/t13-/m1/s1. The van der Waals surface area contributed by atoms with Crippen LogP contribution in [0.25, 0.3) is 0 Å². The van der Waals surface area contributed by atoms with Gasteiger partial charge in [0.25, 0.3) is 11.8 Å². The molecule has 0 unspecified atom stereocenters. The van der Waals surface area contributed by atoms with Crippen molar-refractivity contribution in [3.05, 3.63) is 64.7 Å². The fraction of sp³-hybridized carbons (Fsp3) is 0.238. The normalized spacial score (nSPS) is 15.8. The van der Waals surface area contributed by atoms with Crippen molar-refractivity contribution in [2.75, 3.05) is 18.5 Å². The number of anilines is 1. The molecule has 0 bridgehead atoms. The number of benzene rings is 2. The first kappa shape index (κ1) is 24.1.